The Balaban J connectivity index is 1.83. The second-order valence-corrected chi connectivity index (χ2v) is 6.48. The van der Waals surface area contributed by atoms with Crippen molar-refractivity contribution in [1.29, 1.82) is 0 Å². The van der Waals surface area contributed by atoms with E-state index in [0.29, 0.717) is 17.9 Å². The highest BCUT2D eigenvalue weighted by atomic mass is 19.1. The lowest BCUT2D eigenvalue weighted by molar-refractivity contribution is 0.305. The Hall–Kier alpha value is -2.69. The number of phenols is 1. The van der Waals surface area contributed by atoms with E-state index in [1.165, 1.54) is 25.0 Å². The van der Waals surface area contributed by atoms with Crippen LogP contribution in [-0.2, 0) is 0 Å². The third-order valence-corrected chi connectivity index (χ3v) is 4.55. The molecule has 0 aromatic heterocycles. The van der Waals surface area contributed by atoms with Crippen LogP contribution in [-0.4, -0.2) is 11.7 Å². The van der Waals surface area contributed by atoms with E-state index in [4.69, 9.17) is 4.74 Å². The van der Waals surface area contributed by atoms with Crippen molar-refractivity contribution in [2.24, 2.45) is 0 Å². The van der Waals surface area contributed by atoms with Gasteiger partial charge in [-0.1, -0.05) is 50.5 Å². The topological polar surface area (TPSA) is 29.5 Å². The molecule has 2 nitrogen and oxygen atoms in total. The van der Waals surface area contributed by atoms with E-state index in [1.54, 1.807) is 24.3 Å². The van der Waals surface area contributed by atoms with Crippen LogP contribution in [0.4, 0.5) is 13.2 Å². The summed E-state index contributed by atoms with van der Waals surface area (Å²) in [6.45, 7) is 2.78. The van der Waals surface area contributed by atoms with Crippen LogP contribution in [0, 0.1) is 17.5 Å². The molecule has 0 saturated heterocycles. The first-order valence-corrected chi connectivity index (χ1v) is 9.05. The van der Waals surface area contributed by atoms with Crippen LogP contribution in [0.25, 0.3) is 21.9 Å². The second kappa shape index (κ2) is 8.33. The molecular formula is C22H21F3O2. The van der Waals surface area contributed by atoms with Gasteiger partial charge in [0.05, 0.1) is 6.61 Å². The summed E-state index contributed by atoms with van der Waals surface area (Å²) in [6.07, 6.45) is 4.46. The largest absolute Gasteiger partial charge is 0.503 e. The van der Waals surface area contributed by atoms with Gasteiger partial charge in [-0.25, -0.2) is 13.2 Å². The summed E-state index contributed by atoms with van der Waals surface area (Å²) in [6, 6.07) is 10.5. The van der Waals surface area contributed by atoms with Crippen molar-refractivity contribution < 1.29 is 23.0 Å². The van der Waals surface area contributed by atoms with Crippen LogP contribution in [0.3, 0.4) is 0 Å². The van der Waals surface area contributed by atoms with Gasteiger partial charge in [-0.3, -0.25) is 0 Å². The fourth-order valence-corrected chi connectivity index (χ4v) is 3.03. The zero-order valence-electron chi connectivity index (χ0n) is 15.1. The Morgan fingerprint density at radius 1 is 0.852 bits per heavy atom. The molecule has 0 bridgehead atoms. The van der Waals surface area contributed by atoms with Gasteiger partial charge in [0.25, 0.3) is 0 Å². The molecule has 5 heteroatoms. The lowest BCUT2D eigenvalue weighted by Gasteiger charge is -2.10. The molecule has 3 aromatic carbocycles. The monoisotopic (exact) mass is 374 g/mol. The standard InChI is InChI=1S/C22H21F3O2/c1-2-3-4-5-12-27-15-8-6-14(7-9-15)16-10-11-17-18(20(16)24)13-19(23)22(26)21(17)25/h6-11,13,26H,2-5,12H2,1H3. The van der Waals surface area contributed by atoms with Gasteiger partial charge >= 0.3 is 0 Å². The number of benzene rings is 3. The first-order chi connectivity index (χ1) is 13.0. The summed E-state index contributed by atoms with van der Waals surface area (Å²) in [5.74, 6) is -3.50. The van der Waals surface area contributed by atoms with E-state index in [-0.39, 0.29) is 16.3 Å². The number of aromatic hydroxyl groups is 1. The van der Waals surface area contributed by atoms with E-state index in [2.05, 4.69) is 6.92 Å². The molecule has 0 amide bonds. The Morgan fingerprint density at radius 2 is 1.59 bits per heavy atom. The molecule has 1 N–H and O–H groups in total. The van der Waals surface area contributed by atoms with Gasteiger partial charge < -0.3 is 9.84 Å². The van der Waals surface area contributed by atoms with Crippen molar-refractivity contribution in [2.45, 2.75) is 32.6 Å². The zero-order valence-corrected chi connectivity index (χ0v) is 15.1. The molecule has 0 aliphatic carbocycles. The van der Waals surface area contributed by atoms with Crippen LogP contribution in [0.5, 0.6) is 11.5 Å². The van der Waals surface area contributed by atoms with Crippen molar-refractivity contribution in [1.82, 2.24) is 0 Å². The number of unbranched alkanes of at least 4 members (excludes halogenated alkanes) is 3. The molecule has 0 radical (unpaired) electrons. The highest BCUT2D eigenvalue weighted by Crippen LogP contribution is 2.35. The average Bonchev–Trinajstić information content (AvgIpc) is 2.68. The van der Waals surface area contributed by atoms with Crippen molar-refractivity contribution >= 4 is 10.8 Å². The van der Waals surface area contributed by atoms with Gasteiger partial charge in [0.2, 0.25) is 0 Å². The third kappa shape index (κ3) is 4.02. The predicted octanol–water partition coefficient (Wildman–Crippen LogP) is 6.59. The highest BCUT2D eigenvalue weighted by Gasteiger charge is 2.17. The van der Waals surface area contributed by atoms with E-state index in [9.17, 15) is 18.3 Å². The lowest BCUT2D eigenvalue weighted by Crippen LogP contribution is -1.97. The maximum atomic E-state index is 14.8. The summed E-state index contributed by atoms with van der Waals surface area (Å²) in [5, 5.41) is 8.97. The van der Waals surface area contributed by atoms with Gasteiger partial charge in [0.15, 0.2) is 17.4 Å². The van der Waals surface area contributed by atoms with Crippen molar-refractivity contribution in [3.8, 4) is 22.6 Å². The number of phenolic OH excluding ortho intramolecular Hbond substituents is 1. The normalized spacial score (nSPS) is 11.1. The molecule has 0 atom stereocenters. The van der Waals surface area contributed by atoms with Gasteiger partial charge in [-0.05, 0) is 30.2 Å². The summed E-state index contributed by atoms with van der Waals surface area (Å²) < 4.78 is 48.0. The van der Waals surface area contributed by atoms with Gasteiger partial charge in [-0.15, -0.1) is 0 Å². The van der Waals surface area contributed by atoms with Crippen LogP contribution in [0.2, 0.25) is 0 Å². The number of rotatable bonds is 7. The Morgan fingerprint density at radius 3 is 2.30 bits per heavy atom. The first kappa shape index (κ1) is 19.1. The van der Waals surface area contributed by atoms with Crippen molar-refractivity contribution in [3.05, 3.63) is 59.9 Å². The average molecular weight is 374 g/mol. The molecule has 0 spiro atoms. The highest BCUT2D eigenvalue weighted by molar-refractivity contribution is 5.90. The van der Waals surface area contributed by atoms with Gasteiger partial charge in [-0.2, -0.15) is 0 Å². The summed E-state index contributed by atoms with van der Waals surface area (Å²) >= 11 is 0. The molecule has 0 heterocycles. The fourth-order valence-electron chi connectivity index (χ4n) is 3.03. The SMILES string of the molecule is CCCCCCOc1ccc(-c2ccc3c(F)c(O)c(F)cc3c2F)cc1. The number of hydrogen-bond acceptors (Lipinski definition) is 2. The molecular weight excluding hydrogens is 353 g/mol. The minimum absolute atomic E-state index is 0.165. The number of hydrogen-bond donors (Lipinski definition) is 1. The molecule has 0 saturated carbocycles. The zero-order chi connectivity index (χ0) is 19.4. The molecule has 142 valence electrons. The Kier molecular flexibility index (Phi) is 5.89. The number of fused-ring (bicyclic) bond motifs is 1. The van der Waals surface area contributed by atoms with E-state index in [0.717, 1.165) is 18.9 Å². The smallest absolute Gasteiger partial charge is 0.188 e. The summed E-state index contributed by atoms with van der Waals surface area (Å²) in [7, 11) is 0. The molecule has 3 aromatic rings. The van der Waals surface area contributed by atoms with Crippen LogP contribution >= 0.6 is 0 Å². The minimum atomic E-state index is -1.19. The molecule has 0 fully saturated rings. The van der Waals surface area contributed by atoms with Crippen molar-refractivity contribution in [3.63, 3.8) is 0 Å². The quantitative estimate of drug-likeness (QED) is 0.473. The van der Waals surface area contributed by atoms with Crippen molar-refractivity contribution in [2.75, 3.05) is 6.61 Å². The van der Waals surface area contributed by atoms with E-state index >= 15 is 0 Å². The predicted molar refractivity (Wildman–Crippen MR) is 101 cm³/mol. The third-order valence-electron chi connectivity index (χ3n) is 4.55. The van der Waals surface area contributed by atoms with Crippen LogP contribution in [0.15, 0.2) is 42.5 Å². The minimum Gasteiger partial charge on any atom is -0.503 e. The molecule has 0 aliphatic rings. The Bertz CT molecular complexity index is 937. The lowest BCUT2D eigenvalue weighted by atomic mass is 9.99. The van der Waals surface area contributed by atoms with E-state index < -0.39 is 23.2 Å². The first-order valence-electron chi connectivity index (χ1n) is 9.05. The van der Waals surface area contributed by atoms with Gasteiger partial charge in [0.1, 0.15) is 11.6 Å². The fraction of sp³-hybridized carbons (Fsp3) is 0.273. The summed E-state index contributed by atoms with van der Waals surface area (Å²) in [5.41, 5.74) is 0.795. The van der Waals surface area contributed by atoms with Gasteiger partial charge in [0, 0.05) is 16.3 Å². The molecule has 0 aliphatic heterocycles. The maximum absolute atomic E-state index is 14.8. The number of halogens is 3. The van der Waals surface area contributed by atoms with Crippen LogP contribution in [0.1, 0.15) is 32.6 Å². The molecule has 0 unspecified atom stereocenters. The van der Waals surface area contributed by atoms with Crippen LogP contribution < -0.4 is 4.74 Å². The maximum Gasteiger partial charge on any atom is 0.188 e. The Labute approximate surface area is 156 Å². The number of ether oxygens (including phenoxy) is 1. The molecule has 3 rings (SSSR count). The second-order valence-electron chi connectivity index (χ2n) is 6.48. The van der Waals surface area contributed by atoms with E-state index in [1.807, 2.05) is 0 Å². The summed E-state index contributed by atoms with van der Waals surface area (Å²) in [4.78, 5) is 0. The molecule has 27 heavy (non-hydrogen) atoms.